The van der Waals surface area contributed by atoms with Crippen molar-refractivity contribution in [3.63, 3.8) is 0 Å². The number of hydrogen-bond donors (Lipinski definition) is 1. The van der Waals surface area contributed by atoms with E-state index >= 15 is 0 Å². The van der Waals surface area contributed by atoms with E-state index in [0.29, 0.717) is 5.13 Å². The van der Waals surface area contributed by atoms with Crippen LogP contribution in [0.4, 0.5) is 5.13 Å². The smallest absolute Gasteiger partial charge is 0.229 e. The maximum absolute atomic E-state index is 12.1. The molecule has 1 aliphatic carbocycles. The first kappa shape index (κ1) is 14.6. The number of carbonyl (C=O) groups excluding carboxylic acids is 1. The van der Waals surface area contributed by atoms with Crippen LogP contribution >= 0.6 is 22.7 Å². The first-order chi connectivity index (χ1) is 10.1. The van der Waals surface area contributed by atoms with Crippen molar-refractivity contribution in [2.24, 2.45) is 5.92 Å². The average Bonchev–Trinajstić information content (AvgIpc) is 2.94. The fourth-order valence-electron chi connectivity index (χ4n) is 2.38. The van der Waals surface area contributed by atoms with Crippen molar-refractivity contribution in [2.45, 2.75) is 32.8 Å². The molecule has 1 fully saturated rings. The van der Waals surface area contributed by atoms with Crippen molar-refractivity contribution in [3.8, 4) is 10.6 Å². The molecular weight excluding hydrogens is 306 g/mol. The van der Waals surface area contributed by atoms with E-state index in [2.05, 4.69) is 15.3 Å². The molecule has 0 aromatic carbocycles. The third kappa shape index (κ3) is 3.00. The van der Waals surface area contributed by atoms with E-state index < -0.39 is 0 Å². The van der Waals surface area contributed by atoms with E-state index in [1.54, 1.807) is 18.4 Å². The highest BCUT2D eigenvalue weighted by Gasteiger charge is 2.34. The number of nitrogens with one attached hydrogen (secondary N) is 1. The van der Waals surface area contributed by atoms with Gasteiger partial charge in [-0.15, -0.1) is 22.7 Å². The maximum Gasteiger partial charge on any atom is 0.229 e. The zero-order valence-electron chi connectivity index (χ0n) is 12.2. The highest BCUT2D eigenvalue weighted by atomic mass is 32.1. The quantitative estimate of drug-likeness (QED) is 0.938. The van der Waals surface area contributed by atoms with Gasteiger partial charge >= 0.3 is 0 Å². The average molecular weight is 323 g/mol. The monoisotopic (exact) mass is 323 g/mol. The van der Waals surface area contributed by atoms with Crippen LogP contribution in [0.1, 0.15) is 23.5 Å². The first-order valence-corrected chi connectivity index (χ1v) is 8.50. The second-order valence-corrected chi connectivity index (χ2v) is 7.26. The van der Waals surface area contributed by atoms with Gasteiger partial charge in [-0.2, -0.15) is 0 Å². The number of rotatable bonds is 4. The summed E-state index contributed by atoms with van der Waals surface area (Å²) in [6, 6.07) is 0. The molecule has 7 heteroatoms. The van der Waals surface area contributed by atoms with Gasteiger partial charge in [0, 0.05) is 18.4 Å². The Morgan fingerprint density at radius 2 is 2.14 bits per heavy atom. The minimum Gasteiger partial charge on any atom is -0.381 e. The molecule has 0 atom stereocenters. The lowest BCUT2D eigenvalue weighted by Crippen LogP contribution is -2.38. The van der Waals surface area contributed by atoms with E-state index in [1.807, 2.05) is 19.2 Å². The maximum atomic E-state index is 12.1. The summed E-state index contributed by atoms with van der Waals surface area (Å²) in [5, 5.41) is 6.55. The van der Waals surface area contributed by atoms with Crippen LogP contribution in [-0.4, -0.2) is 29.1 Å². The molecule has 2 heterocycles. The molecule has 21 heavy (non-hydrogen) atoms. The third-order valence-corrected chi connectivity index (χ3v) is 5.52. The Balaban J connectivity index is 1.66. The van der Waals surface area contributed by atoms with Crippen molar-refractivity contribution in [1.82, 2.24) is 9.97 Å². The third-order valence-electron chi connectivity index (χ3n) is 3.67. The van der Waals surface area contributed by atoms with Crippen LogP contribution in [-0.2, 0) is 9.53 Å². The summed E-state index contributed by atoms with van der Waals surface area (Å²) in [6.07, 6.45) is 1.83. The van der Waals surface area contributed by atoms with Gasteiger partial charge in [0.25, 0.3) is 0 Å². The standard InChI is InChI=1S/C14H17N3O2S2/c1-7-12(21-8(2)15-7)11-6-20-14(16-11)17-13(18)9-4-10(5-9)19-3/h6,9-10H,4-5H2,1-3H3,(H,16,17,18)/t9-,10-. The molecule has 2 aromatic heterocycles. The Kier molecular flexibility index (Phi) is 4.05. The molecule has 1 aliphatic rings. The topological polar surface area (TPSA) is 64.1 Å². The van der Waals surface area contributed by atoms with Gasteiger partial charge in [-0.25, -0.2) is 9.97 Å². The minimum atomic E-state index is 0.0430. The summed E-state index contributed by atoms with van der Waals surface area (Å²) in [6.45, 7) is 3.97. The summed E-state index contributed by atoms with van der Waals surface area (Å²) in [4.78, 5) is 22.0. The summed E-state index contributed by atoms with van der Waals surface area (Å²) in [5.41, 5.74) is 1.88. The summed E-state index contributed by atoms with van der Waals surface area (Å²) in [5.74, 6) is 0.0936. The molecule has 0 radical (unpaired) electrons. The molecule has 1 N–H and O–H groups in total. The van der Waals surface area contributed by atoms with Gasteiger partial charge in [-0.05, 0) is 26.7 Å². The molecule has 0 aliphatic heterocycles. The summed E-state index contributed by atoms with van der Waals surface area (Å²) >= 11 is 3.08. The van der Waals surface area contributed by atoms with Crippen molar-refractivity contribution in [3.05, 3.63) is 16.1 Å². The van der Waals surface area contributed by atoms with E-state index in [-0.39, 0.29) is 17.9 Å². The van der Waals surface area contributed by atoms with Gasteiger partial charge in [0.15, 0.2) is 5.13 Å². The number of anilines is 1. The van der Waals surface area contributed by atoms with Crippen LogP contribution in [0.25, 0.3) is 10.6 Å². The molecule has 5 nitrogen and oxygen atoms in total. The molecule has 0 spiro atoms. The van der Waals surface area contributed by atoms with E-state index in [0.717, 1.165) is 34.1 Å². The molecule has 2 aromatic rings. The van der Waals surface area contributed by atoms with Crippen LogP contribution in [0.15, 0.2) is 5.38 Å². The van der Waals surface area contributed by atoms with Crippen LogP contribution in [0.5, 0.6) is 0 Å². The number of carbonyl (C=O) groups is 1. The molecule has 112 valence electrons. The van der Waals surface area contributed by atoms with Gasteiger partial charge in [-0.1, -0.05) is 0 Å². The minimum absolute atomic E-state index is 0.0430. The lowest BCUT2D eigenvalue weighted by molar-refractivity contribution is -0.127. The zero-order chi connectivity index (χ0) is 15.0. The van der Waals surface area contributed by atoms with Crippen LogP contribution < -0.4 is 5.32 Å². The number of methoxy groups -OCH3 is 1. The predicted octanol–water partition coefficient (Wildman–Crippen LogP) is 3.25. The predicted molar refractivity (Wildman–Crippen MR) is 84.8 cm³/mol. The van der Waals surface area contributed by atoms with Crippen LogP contribution in [0, 0.1) is 19.8 Å². The number of amides is 1. The Morgan fingerprint density at radius 3 is 2.76 bits per heavy atom. The Bertz CT molecular complexity index is 659. The van der Waals surface area contributed by atoms with Gasteiger partial charge in [-0.3, -0.25) is 4.79 Å². The fourth-order valence-corrected chi connectivity index (χ4v) is 4.04. The van der Waals surface area contributed by atoms with Gasteiger partial charge in [0.2, 0.25) is 5.91 Å². The van der Waals surface area contributed by atoms with E-state index in [9.17, 15) is 4.79 Å². The largest absolute Gasteiger partial charge is 0.381 e. The number of aromatic nitrogens is 2. The lowest BCUT2D eigenvalue weighted by Gasteiger charge is -2.32. The van der Waals surface area contributed by atoms with Gasteiger partial charge in [0.1, 0.15) is 0 Å². The normalized spacial score (nSPS) is 21.1. The van der Waals surface area contributed by atoms with Gasteiger partial charge < -0.3 is 10.1 Å². The SMILES string of the molecule is CO[C@H]1C[C@H](C(=O)Nc2nc(-c3sc(C)nc3C)cs2)C1. The summed E-state index contributed by atoms with van der Waals surface area (Å²) in [7, 11) is 1.69. The Hall–Kier alpha value is -1.31. The number of thiazole rings is 2. The first-order valence-electron chi connectivity index (χ1n) is 6.80. The molecule has 0 saturated heterocycles. The van der Waals surface area contributed by atoms with Crippen molar-refractivity contribution in [2.75, 3.05) is 12.4 Å². The lowest BCUT2D eigenvalue weighted by atomic mass is 9.82. The molecule has 3 rings (SSSR count). The number of aryl methyl sites for hydroxylation is 2. The number of hydrogen-bond acceptors (Lipinski definition) is 6. The molecule has 0 bridgehead atoms. The van der Waals surface area contributed by atoms with Crippen molar-refractivity contribution in [1.29, 1.82) is 0 Å². The van der Waals surface area contributed by atoms with Crippen molar-refractivity contribution < 1.29 is 9.53 Å². The van der Waals surface area contributed by atoms with Crippen LogP contribution in [0.2, 0.25) is 0 Å². The zero-order valence-corrected chi connectivity index (χ0v) is 13.8. The van der Waals surface area contributed by atoms with Crippen molar-refractivity contribution >= 4 is 33.7 Å². The second-order valence-electron chi connectivity index (χ2n) is 5.20. The van der Waals surface area contributed by atoms with Crippen LogP contribution in [0.3, 0.4) is 0 Å². The van der Waals surface area contributed by atoms with E-state index in [4.69, 9.17) is 4.74 Å². The molecule has 1 saturated carbocycles. The molecule has 1 amide bonds. The Labute approximate surface area is 131 Å². The number of nitrogens with zero attached hydrogens (tertiary/aromatic N) is 2. The molecular formula is C14H17N3O2S2. The fraction of sp³-hybridized carbons (Fsp3) is 0.500. The molecule has 0 unspecified atom stereocenters. The van der Waals surface area contributed by atoms with E-state index in [1.165, 1.54) is 11.3 Å². The summed E-state index contributed by atoms with van der Waals surface area (Å²) < 4.78 is 5.20. The highest BCUT2D eigenvalue weighted by Crippen LogP contribution is 2.34. The number of ether oxygens (including phenoxy) is 1. The highest BCUT2D eigenvalue weighted by molar-refractivity contribution is 7.16. The van der Waals surface area contributed by atoms with Gasteiger partial charge in [0.05, 0.1) is 27.4 Å². The second kappa shape index (κ2) is 5.82. The Morgan fingerprint density at radius 1 is 1.38 bits per heavy atom.